The van der Waals surface area contributed by atoms with Crippen LogP contribution in [0.15, 0.2) is 12.7 Å². The Labute approximate surface area is 96.6 Å². The molecule has 0 saturated heterocycles. The second-order valence-electron chi connectivity index (χ2n) is 3.79. The molecule has 0 aliphatic carbocycles. The molecule has 0 bridgehead atoms. The lowest BCUT2D eigenvalue weighted by molar-refractivity contribution is -0.137. The summed E-state index contributed by atoms with van der Waals surface area (Å²) < 4.78 is 24.8. The van der Waals surface area contributed by atoms with Crippen LogP contribution in [0, 0.1) is 5.92 Å². The van der Waals surface area contributed by atoms with E-state index in [9.17, 15) is 13.2 Å². The molecule has 0 amide bonds. The highest BCUT2D eigenvalue weighted by Gasteiger charge is 2.09. The van der Waals surface area contributed by atoms with Crippen LogP contribution in [0.25, 0.3) is 0 Å². The van der Waals surface area contributed by atoms with E-state index in [0.717, 1.165) is 0 Å². The van der Waals surface area contributed by atoms with Gasteiger partial charge in [-0.2, -0.15) is 0 Å². The van der Waals surface area contributed by atoms with E-state index in [1.807, 2.05) is 6.92 Å². The molecule has 6 heteroatoms. The van der Waals surface area contributed by atoms with Gasteiger partial charge in [-0.25, -0.2) is 13.1 Å². The highest BCUT2D eigenvalue weighted by atomic mass is 32.2. The minimum absolute atomic E-state index is 0.0868. The number of sulfonamides is 1. The van der Waals surface area contributed by atoms with E-state index in [1.54, 1.807) is 0 Å². The van der Waals surface area contributed by atoms with Gasteiger partial charge in [-0.3, -0.25) is 4.79 Å². The van der Waals surface area contributed by atoms with Crippen molar-refractivity contribution in [3.8, 4) is 0 Å². The van der Waals surface area contributed by atoms with Gasteiger partial charge in [-0.15, -0.1) is 6.58 Å². The molecule has 0 spiro atoms. The Balaban J connectivity index is 3.73. The molecule has 0 aliphatic heterocycles. The second-order valence-corrected chi connectivity index (χ2v) is 5.64. The van der Waals surface area contributed by atoms with Crippen LogP contribution in [0.2, 0.25) is 0 Å². The van der Waals surface area contributed by atoms with Crippen molar-refractivity contribution in [1.82, 2.24) is 4.72 Å². The number of carboxylic acid groups (broad SMARTS) is 1. The number of rotatable bonds is 9. The van der Waals surface area contributed by atoms with Crippen LogP contribution < -0.4 is 4.72 Å². The third kappa shape index (κ3) is 8.43. The van der Waals surface area contributed by atoms with Crippen molar-refractivity contribution < 1.29 is 18.3 Å². The molecule has 0 fully saturated rings. The molecule has 1 atom stereocenters. The van der Waals surface area contributed by atoms with E-state index in [1.165, 1.54) is 6.08 Å². The minimum Gasteiger partial charge on any atom is -0.481 e. The molecule has 0 rings (SSSR count). The SMILES string of the molecule is C=CCS(=O)(=O)NCCC(C)CCC(=O)O. The van der Waals surface area contributed by atoms with Gasteiger partial charge in [0, 0.05) is 13.0 Å². The Kier molecular flexibility index (Phi) is 7.00. The molecule has 0 saturated carbocycles. The largest absolute Gasteiger partial charge is 0.481 e. The quantitative estimate of drug-likeness (QED) is 0.597. The highest BCUT2D eigenvalue weighted by Crippen LogP contribution is 2.09. The number of carbonyl (C=O) groups is 1. The Hall–Kier alpha value is -0.880. The van der Waals surface area contributed by atoms with Crippen LogP contribution >= 0.6 is 0 Å². The maximum atomic E-state index is 11.2. The summed E-state index contributed by atoms with van der Waals surface area (Å²) in [7, 11) is -3.24. The lowest BCUT2D eigenvalue weighted by Crippen LogP contribution is -2.27. The van der Waals surface area contributed by atoms with Crippen molar-refractivity contribution in [3.63, 3.8) is 0 Å². The van der Waals surface area contributed by atoms with E-state index in [-0.39, 0.29) is 18.1 Å². The van der Waals surface area contributed by atoms with Gasteiger partial charge >= 0.3 is 5.97 Å². The van der Waals surface area contributed by atoms with E-state index in [4.69, 9.17) is 5.11 Å². The fourth-order valence-corrected chi connectivity index (χ4v) is 2.05. The third-order valence-electron chi connectivity index (χ3n) is 2.15. The first-order valence-corrected chi connectivity index (χ1v) is 6.82. The summed E-state index contributed by atoms with van der Waals surface area (Å²) >= 11 is 0. The van der Waals surface area contributed by atoms with Crippen LogP contribution in [0.4, 0.5) is 0 Å². The van der Waals surface area contributed by atoms with Crippen molar-refractivity contribution >= 4 is 16.0 Å². The summed E-state index contributed by atoms with van der Waals surface area (Å²) in [6, 6.07) is 0. The molecule has 0 heterocycles. The summed E-state index contributed by atoms with van der Waals surface area (Å²) in [6.07, 6.45) is 2.67. The van der Waals surface area contributed by atoms with Crippen LogP contribution in [0.5, 0.6) is 0 Å². The van der Waals surface area contributed by atoms with Crippen LogP contribution in [0.3, 0.4) is 0 Å². The van der Waals surface area contributed by atoms with Gasteiger partial charge in [0.25, 0.3) is 0 Å². The second kappa shape index (κ2) is 7.40. The summed E-state index contributed by atoms with van der Waals surface area (Å²) in [5.74, 6) is -0.710. The molecule has 0 aliphatic rings. The van der Waals surface area contributed by atoms with Gasteiger partial charge in [0.1, 0.15) is 0 Å². The molecular formula is C10H19NO4S. The lowest BCUT2D eigenvalue weighted by atomic mass is 10.0. The number of carboxylic acids is 1. The molecule has 0 radical (unpaired) electrons. The number of hydrogen-bond donors (Lipinski definition) is 2. The van der Waals surface area contributed by atoms with Gasteiger partial charge in [-0.05, 0) is 18.8 Å². The molecule has 16 heavy (non-hydrogen) atoms. The fourth-order valence-electron chi connectivity index (χ4n) is 1.19. The van der Waals surface area contributed by atoms with Gasteiger partial charge in [0.2, 0.25) is 10.0 Å². The molecule has 0 aromatic heterocycles. The third-order valence-corrected chi connectivity index (χ3v) is 3.47. The molecule has 94 valence electrons. The predicted octanol–water partition coefficient (Wildman–Crippen LogP) is 0.983. The van der Waals surface area contributed by atoms with Crippen molar-refractivity contribution in [3.05, 3.63) is 12.7 Å². The van der Waals surface area contributed by atoms with Crippen molar-refractivity contribution in [2.75, 3.05) is 12.3 Å². The monoisotopic (exact) mass is 249 g/mol. The van der Waals surface area contributed by atoms with Crippen molar-refractivity contribution in [2.24, 2.45) is 5.92 Å². The summed E-state index contributed by atoms with van der Waals surface area (Å²) in [4.78, 5) is 10.3. The van der Waals surface area contributed by atoms with E-state index in [0.29, 0.717) is 19.4 Å². The Morgan fingerprint density at radius 1 is 1.50 bits per heavy atom. The topological polar surface area (TPSA) is 83.5 Å². The summed E-state index contributed by atoms with van der Waals surface area (Å²) in [5, 5.41) is 8.46. The van der Waals surface area contributed by atoms with Gasteiger partial charge < -0.3 is 5.11 Å². The van der Waals surface area contributed by atoms with E-state index >= 15 is 0 Å². The van der Waals surface area contributed by atoms with E-state index in [2.05, 4.69) is 11.3 Å². The molecule has 0 aromatic rings. The number of hydrogen-bond acceptors (Lipinski definition) is 3. The minimum atomic E-state index is -3.24. The zero-order valence-electron chi connectivity index (χ0n) is 9.48. The summed E-state index contributed by atoms with van der Waals surface area (Å²) in [6.45, 7) is 5.61. The van der Waals surface area contributed by atoms with Crippen molar-refractivity contribution in [2.45, 2.75) is 26.2 Å². The Morgan fingerprint density at radius 3 is 2.62 bits per heavy atom. The van der Waals surface area contributed by atoms with Crippen LogP contribution in [-0.2, 0) is 14.8 Å². The zero-order valence-corrected chi connectivity index (χ0v) is 10.3. The normalized spacial score (nSPS) is 13.3. The van der Waals surface area contributed by atoms with Gasteiger partial charge in [0.05, 0.1) is 5.75 Å². The molecule has 2 N–H and O–H groups in total. The van der Waals surface area contributed by atoms with Crippen LogP contribution in [-0.4, -0.2) is 31.8 Å². The van der Waals surface area contributed by atoms with Gasteiger partial charge in [0.15, 0.2) is 0 Å². The average Bonchev–Trinajstić information content (AvgIpc) is 2.14. The first-order valence-electron chi connectivity index (χ1n) is 5.17. The Bertz CT molecular complexity index is 324. The standard InChI is InChI=1S/C10H19NO4S/c1-3-8-16(14,15)11-7-6-9(2)4-5-10(12)13/h3,9,11H,1,4-8H2,2H3,(H,12,13). The average molecular weight is 249 g/mol. The summed E-state index contributed by atoms with van der Waals surface area (Å²) in [5.41, 5.74) is 0. The van der Waals surface area contributed by atoms with Gasteiger partial charge in [-0.1, -0.05) is 13.0 Å². The predicted molar refractivity (Wildman–Crippen MR) is 62.6 cm³/mol. The zero-order chi connectivity index (χ0) is 12.6. The maximum Gasteiger partial charge on any atom is 0.303 e. The lowest BCUT2D eigenvalue weighted by Gasteiger charge is -2.10. The smallest absolute Gasteiger partial charge is 0.303 e. The van der Waals surface area contributed by atoms with Crippen LogP contribution in [0.1, 0.15) is 26.2 Å². The first kappa shape index (κ1) is 15.1. The fraction of sp³-hybridized carbons (Fsp3) is 0.700. The van der Waals surface area contributed by atoms with E-state index < -0.39 is 16.0 Å². The maximum absolute atomic E-state index is 11.2. The number of aliphatic carboxylic acids is 1. The van der Waals surface area contributed by atoms with Crippen molar-refractivity contribution in [1.29, 1.82) is 0 Å². The molecule has 0 aromatic carbocycles. The Morgan fingerprint density at radius 2 is 2.12 bits per heavy atom. The molecule has 5 nitrogen and oxygen atoms in total. The highest BCUT2D eigenvalue weighted by molar-refractivity contribution is 7.89. The molecular weight excluding hydrogens is 230 g/mol. The number of nitrogens with one attached hydrogen (secondary N) is 1. The first-order chi connectivity index (χ1) is 7.37. The molecule has 1 unspecified atom stereocenters.